The molecule has 0 N–H and O–H groups in total. The van der Waals surface area contributed by atoms with Crippen molar-refractivity contribution in [1.82, 2.24) is 0 Å². The van der Waals surface area contributed by atoms with Gasteiger partial charge in [-0.25, -0.2) is 0 Å². The van der Waals surface area contributed by atoms with Crippen LogP contribution in [-0.4, -0.2) is 13.4 Å². The number of hydrogen-bond acceptors (Lipinski definition) is 2. The number of nitrogens with zero attached hydrogens (tertiary/aromatic N) is 2. The second kappa shape index (κ2) is 17.0. The van der Waals surface area contributed by atoms with Crippen molar-refractivity contribution in [2.24, 2.45) is 0 Å². The molecule has 0 saturated carbocycles. The quantitative estimate of drug-likeness (QED) is 0.121. The summed E-state index contributed by atoms with van der Waals surface area (Å²) in [5.74, 6) is 0.630. The third-order valence-corrected chi connectivity index (χ3v) is 19.0. The molecule has 0 amide bonds. The van der Waals surface area contributed by atoms with Crippen molar-refractivity contribution in [1.29, 1.82) is 0 Å². The van der Waals surface area contributed by atoms with Gasteiger partial charge in [0.05, 0.1) is 0 Å². The minimum atomic E-state index is -0.00336. The molecule has 0 unspecified atom stereocenters. The summed E-state index contributed by atoms with van der Waals surface area (Å²) < 4.78 is 0. The molecule has 0 atom stereocenters. The van der Waals surface area contributed by atoms with Gasteiger partial charge in [0.1, 0.15) is 0 Å². The van der Waals surface area contributed by atoms with Crippen LogP contribution < -0.4 is 42.6 Å². The third kappa shape index (κ3) is 6.39. The molecule has 4 aliphatic heterocycles. The number of rotatable bonds is 6. The third-order valence-electron chi connectivity index (χ3n) is 19.0. The maximum atomic E-state index is 2.71. The van der Waals surface area contributed by atoms with Crippen LogP contribution in [-0.2, 0) is 0 Å². The van der Waals surface area contributed by atoms with Gasteiger partial charge >= 0.3 is 0 Å². The van der Waals surface area contributed by atoms with Crippen molar-refractivity contribution < 1.29 is 0 Å². The first-order chi connectivity index (χ1) is 38.8. The van der Waals surface area contributed by atoms with Crippen molar-refractivity contribution in [3.63, 3.8) is 0 Å². The molecule has 16 rings (SSSR count). The van der Waals surface area contributed by atoms with E-state index in [1.807, 2.05) is 0 Å². The Morgan fingerprint density at radius 1 is 0.312 bits per heavy atom. The highest BCUT2D eigenvalue weighted by Crippen LogP contribution is 2.54. The van der Waals surface area contributed by atoms with Crippen LogP contribution in [0, 0.1) is 41.5 Å². The Morgan fingerprint density at radius 2 is 0.675 bits per heavy atom. The molecule has 4 heteroatoms. The van der Waals surface area contributed by atoms with Crippen LogP contribution in [0.5, 0.6) is 0 Å². The summed E-state index contributed by atoms with van der Waals surface area (Å²) in [6.07, 6.45) is 0. The maximum Gasteiger partial charge on any atom is 0.248 e. The molecule has 4 aliphatic rings. The van der Waals surface area contributed by atoms with Crippen LogP contribution >= 0.6 is 0 Å². The van der Waals surface area contributed by atoms with E-state index >= 15 is 0 Å². The van der Waals surface area contributed by atoms with E-state index in [0.29, 0.717) is 11.8 Å². The summed E-state index contributed by atoms with van der Waals surface area (Å²) in [4.78, 5) is 5.14. The standard InChI is InChI=1S/C76H62B2N2/c1-41(2)49-33-59-55-37-53(69-45(7)29-43(5)30-46(69)8)57-40-64-72-56(60-34-50(42(3)4)36-68-76(60)78(64)62-26-18-20-28-66(62)80(68)52-23-15-12-16-24-52)38-54(70-47(9)31-44(6)32-48(70)10)58-39-63(71(55)73(57)74(58)72)77-61-25-17-19-27-65(61)79(67(35-49)75(59)77)51-21-13-11-14-22-51/h11-42H,1-10H3. The smallest absolute Gasteiger partial charge is 0.248 e. The molecular weight excluding hydrogens is 962 g/mol. The largest absolute Gasteiger partial charge is 0.311 e. The minimum absolute atomic E-state index is 0.00336. The van der Waals surface area contributed by atoms with E-state index in [1.165, 1.54) is 188 Å². The van der Waals surface area contributed by atoms with Gasteiger partial charge in [-0.2, -0.15) is 0 Å². The Labute approximate surface area is 471 Å². The van der Waals surface area contributed by atoms with E-state index in [0.717, 1.165) is 0 Å². The molecule has 2 nitrogen and oxygen atoms in total. The number of hydrogen-bond donors (Lipinski definition) is 0. The number of fused-ring (bicyclic) bond motifs is 8. The van der Waals surface area contributed by atoms with E-state index in [2.05, 4.69) is 261 Å². The van der Waals surface area contributed by atoms with E-state index in [4.69, 9.17) is 0 Å². The van der Waals surface area contributed by atoms with Gasteiger partial charge in [-0.15, -0.1) is 0 Å². The van der Waals surface area contributed by atoms with Crippen molar-refractivity contribution in [2.45, 2.75) is 81.1 Å². The summed E-state index contributed by atoms with van der Waals surface area (Å²) in [6.45, 7) is 23.4. The lowest BCUT2D eigenvalue weighted by Crippen LogP contribution is -2.60. The second-order valence-electron chi connectivity index (χ2n) is 24.7. The van der Waals surface area contributed by atoms with Gasteiger partial charge in [0, 0.05) is 34.1 Å². The SMILES string of the molecule is Cc1cc(C)c(-c2cc3c4c(cc5c(-c6c(C)cc(C)cc6C)cc6c7c(cc2c4c57)B2c4ccccc4N(c4ccccc4)c4cc(C(C)C)cc-6c42)B2c4ccccc4N(c4ccccc4)c4cc(C(C)C)cc-3c42)c(C)c1. The Balaban J connectivity index is 1.16. The molecule has 0 aromatic heterocycles. The van der Waals surface area contributed by atoms with Crippen LogP contribution in [0.3, 0.4) is 0 Å². The van der Waals surface area contributed by atoms with E-state index < -0.39 is 0 Å². The van der Waals surface area contributed by atoms with Crippen LogP contribution in [0.1, 0.15) is 84.0 Å². The highest BCUT2D eigenvalue weighted by atomic mass is 15.2. The van der Waals surface area contributed by atoms with E-state index in [1.54, 1.807) is 0 Å². The van der Waals surface area contributed by atoms with Gasteiger partial charge in [0.25, 0.3) is 0 Å². The molecule has 0 aliphatic carbocycles. The fourth-order valence-electron chi connectivity index (χ4n) is 16.0. The normalized spacial score (nSPS) is 13.5. The average Bonchev–Trinajstić information content (AvgIpc) is 2.64. The van der Waals surface area contributed by atoms with Crippen LogP contribution in [0.15, 0.2) is 182 Å². The van der Waals surface area contributed by atoms with Gasteiger partial charge in [-0.05, 0) is 246 Å². The zero-order valence-corrected chi connectivity index (χ0v) is 47.5. The fraction of sp³-hybridized carbons (Fsp3) is 0.158. The van der Waals surface area contributed by atoms with Crippen LogP contribution in [0.4, 0.5) is 34.1 Å². The Morgan fingerprint density at radius 3 is 1.05 bits per heavy atom. The maximum absolute atomic E-state index is 2.71. The first-order valence-corrected chi connectivity index (χ1v) is 29.1. The highest BCUT2D eigenvalue weighted by Gasteiger charge is 2.46. The van der Waals surface area contributed by atoms with Crippen LogP contribution in [0.25, 0.3) is 76.8 Å². The molecular formula is C76H62B2N2. The molecule has 0 bridgehead atoms. The Hall–Kier alpha value is -8.59. The zero-order chi connectivity index (χ0) is 54.3. The summed E-state index contributed by atoms with van der Waals surface area (Å²) in [5.41, 5.74) is 37.1. The van der Waals surface area contributed by atoms with Gasteiger partial charge in [0.2, 0.25) is 13.4 Å². The van der Waals surface area contributed by atoms with Gasteiger partial charge in [-0.1, -0.05) is 171 Å². The molecule has 0 saturated heterocycles. The fourth-order valence-corrected chi connectivity index (χ4v) is 16.0. The monoisotopic (exact) mass is 1020 g/mol. The predicted octanol–water partition coefficient (Wildman–Crippen LogP) is 16.6. The first kappa shape index (κ1) is 47.4. The lowest BCUT2D eigenvalue weighted by atomic mass is 9.31. The van der Waals surface area contributed by atoms with Crippen LogP contribution in [0.2, 0.25) is 0 Å². The summed E-state index contributed by atoms with van der Waals surface area (Å²) in [7, 11) is 0. The predicted molar refractivity (Wildman–Crippen MR) is 347 cm³/mol. The lowest BCUT2D eigenvalue weighted by molar-refractivity contribution is 0.867. The summed E-state index contributed by atoms with van der Waals surface area (Å²) in [6, 6.07) is 71.5. The lowest BCUT2D eigenvalue weighted by Gasteiger charge is -2.43. The molecule has 4 heterocycles. The number of anilines is 6. The summed E-state index contributed by atoms with van der Waals surface area (Å²) in [5, 5.41) is 8.30. The first-order valence-electron chi connectivity index (χ1n) is 29.1. The van der Waals surface area contributed by atoms with Gasteiger partial charge < -0.3 is 9.80 Å². The molecule has 0 fully saturated rings. The zero-order valence-electron chi connectivity index (χ0n) is 47.5. The molecule has 382 valence electrons. The van der Waals surface area contributed by atoms with Gasteiger partial charge in [0.15, 0.2) is 0 Å². The van der Waals surface area contributed by atoms with E-state index in [9.17, 15) is 0 Å². The number of benzene rings is 12. The van der Waals surface area contributed by atoms with Crippen molar-refractivity contribution in [3.8, 4) is 44.5 Å². The van der Waals surface area contributed by atoms with E-state index in [-0.39, 0.29) is 13.4 Å². The molecule has 12 aromatic carbocycles. The number of para-hydroxylation sites is 4. The second-order valence-corrected chi connectivity index (χ2v) is 24.7. The number of aryl methyl sites for hydroxylation is 6. The minimum Gasteiger partial charge on any atom is -0.311 e. The Kier molecular flexibility index (Phi) is 10.1. The highest BCUT2D eigenvalue weighted by molar-refractivity contribution is 7.02. The molecule has 12 aromatic rings. The molecule has 80 heavy (non-hydrogen) atoms. The Bertz CT molecular complexity index is 4340. The topological polar surface area (TPSA) is 6.48 Å². The van der Waals surface area contributed by atoms with Crippen molar-refractivity contribution in [3.05, 3.63) is 226 Å². The van der Waals surface area contributed by atoms with Crippen molar-refractivity contribution in [2.75, 3.05) is 9.80 Å². The average molecular weight is 1020 g/mol. The van der Waals surface area contributed by atoms with Gasteiger partial charge in [-0.3, -0.25) is 0 Å². The molecule has 0 radical (unpaired) electrons. The molecule has 0 spiro atoms. The summed E-state index contributed by atoms with van der Waals surface area (Å²) >= 11 is 0. The van der Waals surface area contributed by atoms with Crippen molar-refractivity contribution >= 4 is 113 Å².